The predicted octanol–water partition coefficient (Wildman–Crippen LogP) is 1.61. The van der Waals surface area contributed by atoms with Gasteiger partial charge < -0.3 is 9.53 Å². The van der Waals surface area contributed by atoms with Crippen molar-refractivity contribution in [2.75, 3.05) is 7.11 Å². The molecule has 0 aromatic heterocycles. The fourth-order valence-corrected chi connectivity index (χ4v) is 1.03. The van der Waals surface area contributed by atoms with Gasteiger partial charge in [0.1, 0.15) is 17.9 Å². The van der Waals surface area contributed by atoms with Crippen LogP contribution in [0.2, 0.25) is 0 Å². The fourth-order valence-electron chi connectivity index (χ4n) is 1.03. The number of aldehydes is 1. The molecular formula is C10H9FO3. The summed E-state index contributed by atoms with van der Waals surface area (Å²) in [4.78, 5) is 21.2. The van der Waals surface area contributed by atoms with Crippen molar-refractivity contribution in [3.8, 4) is 5.75 Å². The van der Waals surface area contributed by atoms with Crippen molar-refractivity contribution in [3.63, 3.8) is 0 Å². The number of ether oxygens (including phenoxy) is 1. The molecule has 0 radical (unpaired) electrons. The van der Waals surface area contributed by atoms with E-state index < -0.39 is 11.6 Å². The molecule has 0 heterocycles. The van der Waals surface area contributed by atoms with E-state index in [1.807, 2.05) is 0 Å². The van der Waals surface area contributed by atoms with E-state index in [4.69, 9.17) is 4.74 Å². The lowest BCUT2D eigenvalue weighted by Crippen LogP contribution is -2.02. The van der Waals surface area contributed by atoms with E-state index >= 15 is 0 Å². The van der Waals surface area contributed by atoms with Gasteiger partial charge in [0.2, 0.25) is 0 Å². The number of carbonyl (C=O) groups excluding carboxylic acids is 2. The predicted molar refractivity (Wildman–Crippen MR) is 48.0 cm³/mol. The summed E-state index contributed by atoms with van der Waals surface area (Å²) in [7, 11) is 1.40. The third kappa shape index (κ3) is 2.16. The lowest BCUT2D eigenvalue weighted by Gasteiger charge is -2.02. The Balaban J connectivity index is 2.99. The van der Waals surface area contributed by atoms with Gasteiger partial charge >= 0.3 is 0 Å². The van der Waals surface area contributed by atoms with Gasteiger partial charge in [-0.1, -0.05) is 0 Å². The smallest absolute Gasteiger partial charge is 0.172 e. The third-order valence-electron chi connectivity index (χ3n) is 1.75. The van der Waals surface area contributed by atoms with Crippen LogP contribution in [0.4, 0.5) is 4.39 Å². The second-order valence-corrected chi connectivity index (χ2v) is 2.64. The SMILES string of the molecule is COc1ccc(C(=O)CC=O)c(F)c1. The average Bonchev–Trinajstić information content (AvgIpc) is 2.17. The van der Waals surface area contributed by atoms with Crippen LogP contribution in [0.15, 0.2) is 18.2 Å². The lowest BCUT2D eigenvalue weighted by atomic mass is 10.1. The minimum Gasteiger partial charge on any atom is -0.497 e. The van der Waals surface area contributed by atoms with E-state index in [2.05, 4.69) is 0 Å². The average molecular weight is 196 g/mol. The third-order valence-corrected chi connectivity index (χ3v) is 1.75. The number of halogens is 1. The van der Waals surface area contributed by atoms with Crippen molar-refractivity contribution in [2.45, 2.75) is 6.42 Å². The first-order valence-electron chi connectivity index (χ1n) is 3.99. The Morgan fingerprint density at radius 1 is 1.57 bits per heavy atom. The van der Waals surface area contributed by atoms with Gasteiger partial charge in [-0.05, 0) is 12.1 Å². The molecule has 4 heteroatoms. The maximum Gasteiger partial charge on any atom is 0.172 e. The Morgan fingerprint density at radius 2 is 2.29 bits per heavy atom. The quantitative estimate of drug-likeness (QED) is 0.417. The largest absolute Gasteiger partial charge is 0.497 e. The molecule has 0 aliphatic heterocycles. The Bertz CT molecular complexity index is 360. The maximum atomic E-state index is 13.2. The van der Waals surface area contributed by atoms with Gasteiger partial charge in [-0.3, -0.25) is 4.79 Å². The Kier molecular flexibility index (Phi) is 3.34. The standard InChI is InChI=1S/C10H9FO3/c1-14-7-2-3-8(9(11)6-7)10(13)4-5-12/h2-3,5-6H,4H2,1H3. The van der Waals surface area contributed by atoms with Crippen molar-refractivity contribution in [3.05, 3.63) is 29.6 Å². The van der Waals surface area contributed by atoms with Gasteiger partial charge in [-0.15, -0.1) is 0 Å². The van der Waals surface area contributed by atoms with Gasteiger partial charge in [0.25, 0.3) is 0 Å². The minimum atomic E-state index is -0.670. The van der Waals surface area contributed by atoms with Crippen LogP contribution in [0.3, 0.4) is 0 Å². The highest BCUT2D eigenvalue weighted by Gasteiger charge is 2.11. The molecule has 74 valence electrons. The van der Waals surface area contributed by atoms with Crippen LogP contribution in [0.1, 0.15) is 16.8 Å². The fraction of sp³-hybridized carbons (Fsp3) is 0.200. The Labute approximate surface area is 80.5 Å². The number of hydrogen-bond donors (Lipinski definition) is 0. The Hall–Kier alpha value is -1.71. The van der Waals surface area contributed by atoms with E-state index in [9.17, 15) is 14.0 Å². The molecular weight excluding hydrogens is 187 g/mol. The maximum absolute atomic E-state index is 13.2. The second kappa shape index (κ2) is 4.50. The molecule has 0 N–H and O–H groups in total. The van der Waals surface area contributed by atoms with E-state index in [1.54, 1.807) is 0 Å². The highest BCUT2D eigenvalue weighted by Crippen LogP contribution is 2.17. The first-order chi connectivity index (χ1) is 6.69. The number of carbonyl (C=O) groups is 2. The van der Waals surface area contributed by atoms with Crippen LogP contribution in [-0.4, -0.2) is 19.2 Å². The van der Waals surface area contributed by atoms with Crippen molar-refractivity contribution < 1.29 is 18.7 Å². The molecule has 0 aliphatic carbocycles. The number of ketones is 1. The van der Waals surface area contributed by atoms with E-state index in [-0.39, 0.29) is 12.0 Å². The van der Waals surface area contributed by atoms with Crippen molar-refractivity contribution in [1.82, 2.24) is 0 Å². The molecule has 0 unspecified atom stereocenters. The highest BCUT2D eigenvalue weighted by molar-refractivity contribution is 6.02. The van der Waals surface area contributed by atoms with Crippen molar-refractivity contribution in [1.29, 1.82) is 0 Å². The second-order valence-electron chi connectivity index (χ2n) is 2.64. The molecule has 1 aromatic carbocycles. The van der Waals surface area contributed by atoms with Crippen molar-refractivity contribution in [2.24, 2.45) is 0 Å². The number of methoxy groups -OCH3 is 1. The number of Topliss-reactive ketones (excluding diaryl/α,β-unsaturated/α-hetero) is 1. The van der Waals surface area contributed by atoms with Crippen LogP contribution in [0.25, 0.3) is 0 Å². The zero-order valence-corrected chi connectivity index (χ0v) is 7.62. The normalized spacial score (nSPS) is 9.57. The molecule has 0 fully saturated rings. The van der Waals surface area contributed by atoms with Gasteiger partial charge in [-0.25, -0.2) is 4.39 Å². The highest BCUT2D eigenvalue weighted by atomic mass is 19.1. The monoisotopic (exact) mass is 196 g/mol. The molecule has 14 heavy (non-hydrogen) atoms. The summed E-state index contributed by atoms with van der Waals surface area (Å²) < 4.78 is 18.0. The van der Waals surface area contributed by atoms with Crippen LogP contribution in [0, 0.1) is 5.82 Å². The first-order valence-corrected chi connectivity index (χ1v) is 3.99. The molecule has 0 spiro atoms. The molecule has 0 saturated carbocycles. The van der Waals surface area contributed by atoms with E-state index in [0.29, 0.717) is 12.0 Å². The first kappa shape index (κ1) is 10.4. The van der Waals surface area contributed by atoms with Crippen LogP contribution in [0.5, 0.6) is 5.75 Å². The van der Waals surface area contributed by atoms with Gasteiger partial charge in [0.05, 0.1) is 19.1 Å². The van der Waals surface area contributed by atoms with Crippen LogP contribution < -0.4 is 4.74 Å². The molecule has 0 amide bonds. The van der Waals surface area contributed by atoms with E-state index in [1.165, 1.54) is 19.2 Å². The summed E-state index contributed by atoms with van der Waals surface area (Å²) in [5, 5.41) is 0. The van der Waals surface area contributed by atoms with Crippen LogP contribution >= 0.6 is 0 Å². The minimum absolute atomic E-state index is 0.0853. The van der Waals surface area contributed by atoms with Crippen LogP contribution in [-0.2, 0) is 4.79 Å². The molecule has 1 rings (SSSR count). The summed E-state index contributed by atoms with van der Waals surface area (Å²) in [6.07, 6.45) is 0.148. The Morgan fingerprint density at radius 3 is 2.79 bits per heavy atom. The molecule has 3 nitrogen and oxygen atoms in total. The number of benzene rings is 1. The molecule has 1 aromatic rings. The summed E-state index contributed by atoms with van der Waals surface area (Å²) in [6, 6.07) is 3.89. The molecule has 0 atom stereocenters. The van der Waals surface area contributed by atoms with Gasteiger partial charge in [0, 0.05) is 6.07 Å². The van der Waals surface area contributed by atoms with Gasteiger partial charge in [-0.2, -0.15) is 0 Å². The topological polar surface area (TPSA) is 43.4 Å². The zero-order chi connectivity index (χ0) is 10.6. The molecule has 0 saturated heterocycles. The van der Waals surface area contributed by atoms with E-state index in [0.717, 1.165) is 6.07 Å². The summed E-state index contributed by atoms with van der Waals surface area (Å²) >= 11 is 0. The number of hydrogen-bond acceptors (Lipinski definition) is 3. The van der Waals surface area contributed by atoms with Crippen molar-refractivity contribution >= 4 is 12.1 Å². The molecule has 0 aliphatic rings. The number of rotatable bonds is 4. The van der Waals surface area contributed by atoms with Gasteiger partial charge in [0.15, 0.2) is 5.78 Å². The lowest BCUT2D eigenvalue weighted by molar-refractivity contribution is -0.107. The molecule has 0 bridgehead atoms. The summed E-state index contributed by atoms with van der Waals surface area (Å²) in [6.45, 7) is 0. The summed E-state index contributed by atoms with van der Waals surface area (Å²) in [5.74, 6) is -0.860. The summed E-state index contributed by atoms with van der Waals surface area (Å²) in [5.41, 5.74) is -0.0853. The zero-order valence-electron chi connectivity index (χ0n) is 7.62.